The number of ether oxygens (including phenoxy) is 2. The highest BCUT2D eigenvalue weighted by atomic mass is 32.2. The highest BCUT2D eigenvalue weighted by Crippen LogP contribution is 2.37. The van der Waals surface area contributed by atoms with Crippen LogP contribution in [0.2, 0.25) is 0 Å². The second-order valence-corrected chi connectivity index (χ2v) is 6.35. The minimum absolute atomic E-state index is 0.178. The largest absolute Gasteiger partial charge is 0.480 e. The number of carboxylic acids is 1. The summed E-state index contributed by atoms with van der Waals surface area (Å²) in [4.78, 5) is 24.9. The van der Waals surface area contributed by atoms with Crippen molar-refractivity contribution in [2.24, 2.45) is 0 Å². The first kappa shape index (κ1) is 14.9. The van der Waals surface area contributed by atoms with Gasteiger partial charge >= 0.3 is 5.97 Å². The summed E-state index contributed by atoms with van der Waals surface area (Å²) < 4.78 is 10.8. The highest BCUT2D eigenvalue weighted by Gasteiger charge is 2.38. The molecule has 2 heterocycles. The number of amides is 1. The molecule has 0 spiro atoms. The van der Waals surface area contributed by atoms with Gasteiger partial charge in [-0.2, -0.15) is 0 Å². The first-order valence-electron chi connectivity index (χ1n) is 6.37. The van der Waals surface area contributed by atoms with Crippen LogP contribution in [0.25, 0.3) is 6.08 Å². The van der Waals surface area contributed by atoms with Crippen LogP contribution < -0.4 is 9.47 Å². The normalized spacial score (nSPS) is 19.9. The van der Waals surface area contributed by atoms with Gasteiger partial charge < -0.3 is 14.6 Å². The number of nitrogens with zero attached hydrogens (tertiary/aromatic N) is 1. The minimum Gasteiger partial charge on any atom is -0.480 e. The van der Waals surface area contributed by atoms with Crippen LogP contribution in [-0.2, 0) is 9.59 Å². The van der Waals surface area contributed by atoms with Gasteiger partial charge in [0.05, 0.1) is 4.91 Å². The molecule has 8 heteroatoms. The minimum atomic E-state index is -1.10. The van der Waals surface area contributed by atoms with Crippen LogP contribution in [0, 0.1) is 0 Å². The van der Waals surface area contributed by atoms with E-state index in [1.54, 1.807) is 24.3 Å². The molecule has 114 valence electrons. The van der Waals surface area contributed by atoms with Crippen molar-refractivity contribution in [3.05, 3.63) is 28.7 Å². The van der Waals surface area contributed by atoms with E-state index in [2.05, 4.69) is 0 Å². The van der Waals surface area contributed by atoms with E-state index < -0.39 is 17.9 Å². The van der Waals surface area contributed by atoms with Gasteiger partial charge in [0.25, 0.3) is 5.91 Å². The molecule has 1 aromatic carbocycles. The molecule has 1 amide bonds. The average Bonchev–Trinajstić information content (AvgIpc) is 3.03. The number of carbonyl (C=O) groups is 2. The zero-order valence-corrected chi connectivity index (χ0v) is 13.1. The molecule has 0 aliphatic carbocycles. The lowest BCUT2D eigenvalue weighted by molar-refractivity contribution is -0.144. The molecular weight excluding hydrogens is 326 g/mol. The van der Waals surface area contributed by atoms with Gasteiger partial charge in [0.15, 0.2) is 11.5 Å². The summed E-state index contributed by atoms with van der Waals surface area (Å²) in [6.45, 7) is 1.60. The van der Waals surface area contributed by atoms with Crippen molar-refractivity contribution < 1.29 is 24.2 Å². The molecular formula is C14H11NO5S2. The summed E-state index contributed by atoms with van der Waals surface area (Å²) >= 11 is 6.19. The second-order valence-electron chi connectivity index (χ2n) is 4.68. The summed E-state index contributed by atoms with van der Waals surface area (Å²) in [5.41, 5.74) is 0.757. The van der Waals surface area contributed by atoms with Gasteiger partial charge in [0, 0.05) is 0 Å². The van der Waals surface area contributed by atoms with Crippen molar-refractivity contribution in [1.82, 2.24) is 4.90 Å². The molecule has 0 saturated carbocycles. The van der Waals surface area contributed by atoms with Gasteiger partial charge in [0.1, 0.15) is 10.4 Å². The van der Waals surface area contributed by atoms with Crippen LogP contribution in [0.1, 0.15) is 12.5 Å². The van der Waals surface area contributed by atoms with Crippen molar-refractivity contribution in [2.45, 2.75) is 13.0 Å². The average molecular weight is 337 g/mol. The van der Waals surface area contributed by atoms with Crippen LogP contribution >= 0.6 is 24.0 Å². The number of rotatable bonds is 3. The van der Waals surface area contributed by atoms with E-state index in [1.807, 2.05) is 0 Å². The van der Waals surface area contributed by atoms with Gasteiger partial charge in [-0.1, -0.05) is 30.0 Å². The third-order valence-corrected chi connectivity index (χ3v) is 4.59. The fourth-order valence-corrected chi connectivity index (χ4v) is 3.50. The molecule has 0 bridgehead atoms. The Kier molecular flexibility index (Phi) is 3.79. The van der Waals surface area contributed by atoms with E-state index in [0.29, 0.717) is 16.4 Å². The molecule has 0 aromatic heterocycles. The maximum Gasteiger partial charge on any atom is 0.326 e. The smallest absolute Gasteiger partial charge is 0.326 e. The zero-order chi connectivity index (χ0) is 15.9. The molecule has 22 heavy (non-hydrogen) atoms. The number of carbonyl (C=O) groups excluding carboxylic acids is 1. The Morgan fingerprint density at radius 2 is 2.18 bits per heavy atom. The first-order valence-corrected chi connectivity index (χ1v) is 7.59. The molecule has 2 aliphatic rings. The maximum atomic E-state index is 12.3. The Labute approximate surface area is 135 Å². The number of carboxylic acid groups (broad SMARTS) is 1. The Morgan fingerprint density at radius 1 is 1.45 bits per heavy atom. The number of hydrogen-bond acceptors (Lipinski definition) is 6. The molecule has 2 aliphatic heterocycles. The summed E-state index contributed by atoms with van der Waals surface area (Å²) in [5.74, 6) is -0.226. The monoisotopic (exact) mass is 337 g/mol. The SMILES string of the molecule is CC(C(=O)O)N1C(=O)/C(=C\c2ccc3c(c2)OCO3)SC1=S. The maximum absolute atomic E-state index is 12.3. The van der Waals surface area contributed by atoms with E-state index in [0.717, 1.165) is 22.2 Å². The third-order valence-electron chi connectivity index (χ3n) is 3.26. The molecule has 3 rings (SSSR count). The Hall–Kier alpha value is -2.06. The van der Waals surface area contributed by atoms with Crippen LogP contribution in [-0.4, -0.2) is 39.0 Å². The molecule has 1 atom stereocenters. The molecule has 1 N–H and O–H groups in total. The van der Waals surface area contributed by atoms with Gasteiger partial charge in [-0.25, -0.2) is 4.79 Å². The van der Waals surface area contributed by atoms with Crippen molar-refractivity contribution in [1.29, 1.82) is 0 Å². The lowest BCUT2D eigenvalue weighted by Gasteiger charge is -2.18. The van der Waals surface area contributed by atoms with E-state index in [4.69, 9.17) is 26.8 Å². The summed E-state index contributed by atoms with van der Waals surface area (Å²) in [7, 11) is 0. The van der Waals surface area contributed by atoms with Crippen LogP contribution in [0.5, 0.6) is 11.5 Å². The van der Waals surface area contributed by atoms with Gasteiger partial charge in [-0.15, -0.1) is 0 Å². The van der Waals surface area contributed by atoms with E-state index in [-0.39, 0.29) is 11.1 Å². The number of thioether (sulfide) groups is 1. The summed E-state index contributed by atoms with van der Waals surface area (Å²) in [6.07, 6.45) is 1.66. The number of fused-ring (bicyclic) bond motifs is 1. The van der Waals surface area contributed by atoms with Crippen molar-refractivity contribution in [2.75, 3.05) is 6.79 Å². The Bertz CT molecular complexity index is 715. The topological polar surface area (TPSA) is 76.1 Å². The van der Waals surface area contributed by atoms with Crippen LogP contribution in [0.3, 0.4) is 0 Å². The predicted molar refractivity (Wildman–Crippen MR) is 84.7 cm³/mol. The van der Waals surface area contributed by atoms with Crippen molar-refractivity contribution in [3.63, 3.8) is 0 Å². The van der Waals surface area contributed by atoms with Crippen molar-refractivity contribution >= 4 is 46.3 Å². The fraction of sp³-hybridized carbons (Fsp3) is 0.214. The van der Waals surface area contributed by atoms with Crippen molar-refractivity contribution in [3.8, 4) is 11.5 Å². The fourth-order valence-electron chi connectivity index (χ4n) is 2.08. The second kappa shape index (κ2) is 5.62. The summed E-state index contributed by atoms with van der Waals surface area (Å²) in [6, 6.07) is 4.32. The molecule has 1 fully saturated rings. The van der Waals surface area contributed by atoms with E-state index in [1.165, 1.54) is 6.92 Å². The van der Waals surface area contributed by atoms with E-state index in [9.17, 15) is 9.59 Å². The number of hydrogen-bond donors (Lipinski definition) is 1. The Morgan fingerprint density at radius 3 is 2.91 bits per heavy atom. The lowest BCUT2D eigenvalue weighted by atomic mass is 10.2. The molecule has 6 nitrogen and oxygen atoms in total. The first-order chi connectivity index (χ1) is 10.5. The zero-order valence-electron chi connectivity index (χ0n) is 11.4. The highest BCUT2D eigenvalue weighted by molar-refractivity contribution is 8.26. The number of thiocarbonyl (C=S) groups is 1. The quantitative estimate of drug-likeness (QED) is 0.668. The lowest BCUT2D eigenvalue weighted by Crippen LogP contribution is -2.41. The van der Waals surface area contributed by atoms with Gasteiger partial charge in [0.2, 0.25) is 6.79 Å². The van der Waals surface area contributed by atoms with Gasteiger partial charge in [-0.3, -0.25) is 9.69 Å². The number of aliphatic carboxylic acids is 1. The molecule has 1 unspecified atom stereocenters. The number of benzene rings is 1. The van der Waals surface area contributed by atoms with Crippen LogP contribution in [0.4, 0.5) is 0 Å². The predicted octanol–water partition coefficient (Wildman–Crippen LogP) is 2.09. The summed E-state index contributed by atoms with van der Waals surface area (Å²) in [5, 5.41) is 9.05. The molecule has 1 saturated heterocycles. The van der Waals surface area contributed by atoms with Crippen LogP contribution in [0.15, 0.2) is 23.1 Å². The van der Waals surface area contributed by atoms with Gasteiger partial charge in [-0.05, 0) is 30.7 Å². The van der Waals surface area contributed by atoms with E-state index >= 15 is 0 Å². The standard InChI is InChI=1S/C14H11NO5S2/c1-7(13(17)18)15-12(16)11(22-14(15)21)5-8-2-3-9-10(4-8)20-6-19-9/h2-5,7H,6H2,1H3,(H,17,18)/b11-5+. The Balaban J connectivity index is 1.88. The third kappa shape index (κ3) is 2.55. The molecule has 1 aromatic rings. The molecule has 0 radical (unpaired) electrons.